The van der Waals surface area contributed by atoms with E-state index in [2.05, 4.69) is 0 Å². The highest BCUT2D eigenvalue weighted by atomic mass is 28.3. The zero-order valence-electron chi connectivity index (χ0n) is 6.60. The largest absolute Gasteiger partial charge is 0.543 e. The van der Waals surface area contributed by atoms with E-state index in [-0.39, 0.29) is 5.82 Å². The van der Waals surface area contributed by atoms with Gasteiger partial charge in [-0.05, 0) is 37.4 Å². The minimum atomic E-state index is -0.722. The predicted molar refractivity (Wildman–Crippen MR) is 44.5 cm³/mol. The Morgan fingerprint density at radius 3 is 2.18 bits per heavy atom. The molecule has 0 amide bonds. The van der Waals surface area contributed by atoms with Crippen LogP contribution in [-0.4, -0.2) is 9.04 Å². The standard InChI is InChI=1S/C8H10FOSi/c1-11(2)10-8-5-3-7(9)4-6-8/h3-6H,1-2H3. The van der Waals surface area contributed by atoms with Gasteiger partial charge in [0, 0.05) is 0 Å². The quantitative estimate of drug-likeness (QED) is 0.618. The molecule has 0 spiro atoms. The van der Waals surface area contributed by atoms with Crippen LogP contribution in [0, 0.1) is 5.82 Å². The normalized spacial score (nSPS) is 10.2. The Bertz CT molecular complexity index is 220. The lowest BCUT2D eigenvalue weighted by Crippen LogP contribution is -2.10. The van der Waals surface area contributed by atoms with E-state index in [1.54, 1.807) is 12.1 Å². The summed E-state index contributed by atoms with van der Waals surface area (Å²) in [5.41, 5.74) is 0. The molecule has 0 saturated heterocycles. The molecule has 0 bridgehead atoms. The van der Waals surface area contributed by atoms with Crippen molar-refractivity contribution in [2.75, 3.05) is 0 Å². The summed E-state index contributed by atoms with van der Waals surface area (Å²) in [7, 11) is -0.722. The summed E-state index contributed by atoms with van der Waals surface area (Å²) in [6.45, 7) is 4.07. The van der Waals surface area contributed by atoms with Gasteiger partial charge in [-0.3, -0.25) is 0 Å². The molecule has 0 aliphatic heterocycles. The van der Waals surface area contributed by atoms with Crippen molar-refractivity contribution in [2.24, 2.45) is 0 Å². The number of halogens is 1. The molecule has 1 aromatic carbocycles. The van der Waals surface area contributed by atoms with Gasteiger partial charge < -0.3 is 4.43 Å². The monoisotopic (exact) mass is 169 g/mol. The van der Waals surface area contributed by atoms with E-state index in [0.717, 1.165) is 5.75 Å². The van der Waals surface area contributed by atoms with Crippen molar-refractivity contribution in [1.29, 1.82) is 0 Å². The summed E-state index contributed by atoms with van der Waals surface area (Å²) < 4.78 is 17.8. The lowest BCUT2D eigenvalue weighted by atomic mass is 10.3. The van der Waals surface area contributed by atoms with Crippen molar-refractivity contribution in [3.05, 3.63) is 30.1 Å². The van der Waals surface area contributed by atoms with Crippen molar-refractivity contribution in [3.63, 3.8) is 0 Å². The SMILES string of the molecule is C[Si](C)Oc1ccc(F)cc1. The lowest BCUT2D eigenvalue weighted by molar-refractivity contribution is 0.573. The fourth-order valence-corrected chi connectivity index (χ4v) is 1.35. The Hall–Kier alpha value is -0.833. The van der Waals surface area contributed by atoms with Gasteiger partial charge in [-0.2, -0.15) is 0 Å². The second-order valence-corrected chi connectivity index (χ2v) is 4.48. The zero-order chi connectivity index (χ0) is 8.27. The highest BCUT2D eigenvalue weighted by Gasteiger charge is 1.99. The Morgan fingerprint density at radius 2 is 1.73 bits per heavy atom. The maximum atomic E-state index is 12.4. The first-order valence-corrected chi connectivity index (χ1v) is 5.83. The van der Waals surface area contributed by atoms with Gasteiger partial charge >= 0.3 is 0 Å². The molecule has 11 heavy (non-hydrogen) atoms. The highest BCUT2D eigenvalue weighted by molar-refractivity contribution is 6.49. The molecule has 1 aromatic rings. The van der Waals surface area contributed by atoms with Gasteiger partial charge in [0.2, 0.25) is 0 Å². The van der Waals surface area contributed by atoms with Crippen LogP contribution < -0.4 is 4.43 Å². The topological polar surface area (TPSA) is 9.23 Å². The van der Waals surface area contributed by atoms with E-state index < -0.39 is 9.04 Å². The molecule has 1 rings (SSSR count). The molecule has 1 radical (unpaired) electrons. The van der Waals surface area contributed by atoms with Crippen LogP contribution in [-0.2, 0) is 0 Å². The van der Waals surface area contributed by atoms with Crippen LogP contribution in [0.25, 0.3) is 0 Å². The molecule has 59 valence electrons. The van der Waals surface area contributed by atoms with Gasteiger partial charge in [0.05, 0.1) is 0 Å². The summed E-state index contributed by atoms with van der Waals surface area (Å²) >= 11 is 0. The molecule has 0 N–H and O–H groups in total. The van der Waals surface area contributed by atoms with Gasteiger partial charge in [-0.25, -0.2) is 4.39 Å². The van der Waals surface area contributed by atoms with Crippen LogP contribution in [0.3, 0.4) is 0 Å². The Kier molecular flexibility index (Phi) is 2.65. The summed E-state index contributed by atoms with van der Waals surface area (Å²) in [5.74, 6) is 0.531. The van der Waals surface area contributed by atoms with Crippen LogP contribution in [0.4, 0.5) is 4.39 Å². The molecule has 0 heterocycles. The number of rotatable bonds is 2. The van der Waals surface area contributed by atoms with Crippen molar-refractivity contribution in [1.82, 2.24) is 0 Å². The van der Waals surface area contributed by atoms with E-state index in [1.807, 2.05) is 13.1 Å². The second kappa shape index (κ2) is 3.53. The highest BCUT2D eigenvalue weighted by Crippen LogP contribution is 2.11. The molecular formula is C8H10FOSi. The van der Waals surface area contributed by atoms with Crippen molar-refractivity contribution in [2.45, 2.75) is 13.1 Å². The molecule has 3 heteroatoms. The van der Waals surface area contributed by atoms with E-state index >= 15 is 0 Å². The average Bonchev–Trinajstić information content (AvgIpc) is 1.93. The van der Waals surface area contributed by atoms with Gasteiger partial charge in [0.1, 0.15) is 11.6 Å². The maximum absolute atomic E-state index is 12.4. The van der Waals surface area contributed by atoms with Crippen LogP contribution >= 0.6 is 0 Å². The Morgan fingerprint density at radius 1 is 1.18 bits per heavy atom. The van der Waals surface area contributed by atoms with E-state index in [0.29, 0.717) is 0 Å². The molecule has 0 saturated carbocycles. The molecule has 0 fully saturated rings. The first kappa shape index (κ1) is 8.27. The third kappa shape index (κ3) is 2.72. The molecule has 0 aliphatic carbocycles. The molecule has 1 nitrogen and oxygen atoms in total. The zero-order valence-corrected chi connectivity index (χ0v) is 7.60. The number of hydrogen-bond acceptors (Lipinski definition) is 1. The van der Waals surface area contributed by atoms with Crippen molar-refractivity contribution < 1.29 is 8.82 Å². The number of benzene rings is 1. The first-order chi connectivity index (χ1) is 5.18. The van der Waals surface area contributed by atoms with Gasteiger partial charge in [0.15, 0.2) is 0 Å². The molecule has 0 unspecified atom stereocenters. The summed E-state index contributed by atoms with van der Waals surface area (Å²) in [6.07, 6.45) is 0. The molecule has 0 aliphatic rings. The Labute approximate surface area is 67.5 Å². The Balaban J connectivity index is 2.66. The smallest absolute Gasteiger partial charge is 0.274 e. The molecule has 0 aromatic heterocycles. The lowest BCUT2D eigenvalue weighted by Gasteiger charge is -2.06. The second-order valence-electron chi connectivity index (χ2n) is 2.46. The van der Waals surface area contributed by atoms with Gasteiger partial charge in [-0.15, -0.1) is 0 Å². The maximum Gasteiger partial charge on any atom is 0.274 e. The number of hydrogen-bond donors (Lipinski definition) is 0. The van der Waals surface area contributed by atoms with Crippen LogP contribution in [0.1, 0.15) is 0 Å². The van der Waals surface area contributed by atoms with Crippen LogP contribution in [0.15, 0.2) is 24.3 Å². The summed E-state index contributed by atoms with van der Waals surface area (Å²) in [6, 6.07) is 6.10. The van der Waals surface area contributed by atoms with E-state index in [9.17, 15) is 4.39 Å². The molecule has 0 atom stereocenters. The van der Waals surface area contributed by atoms with Crippen molar-refractivity contribution in [3.8, 4) is 5.75 Å². The van der Waals surface area contributed by atoms with Crippen LogP contribution in [0.2, 0.25) is 13.1 Å². The van der Waals surface area contributed by atoms with Crippen molar-refractivity contribution >= 4 is 9.04 Å². The van der Waals surface area contributed by atoms with Gasteiger partial charge in [-0.1, -0.05) is 0 Å². The minimum Gasteiger partial charge on any atom is -0.543 e. The van der Waals surface area contributed by atoms with E-state index in [1.165, 1.54) is 12.1 Å². The van der Waals surface area contributed by atoms with Crippen LogP contribution in [0.5, 0.6) is 5.75 Å². The fraction of sp³-hybridized carbons (Fsp3) is 0.250. The predicted octanol–water partition coefficient (Wildman–Crippen LogP) is 2.46. The third-order valence-corrected chi connectivity index (χ3v) is 1.78. The van der Waals surface area contributed by atoms with Gasteiger partial charge in [0.25, 0.3) is 9.04 Å². The molecular weight excluding hydrogens is 159 g/mol. The fourth-order valence-electron chi connectivity index (χ4n) is 0.738. The summed E-state index contributed by atoms with van der Waals surface area (Å²) in [5, 5.41) is 0. The third-order valence-electron chi connectivity index (χ3n) is 1.14. The minimum absolute atomic E-state index is 0.224. The average molecular weight is 169 g/mol. The summed E-state index contributed by atoms with van der Waals surface area (Å²) in [4.78, 5) is 0. The first-order valence-electron chi connectivity index (χ1n) is 3.42. The van der Waals surface area contributed by atoms with E-state index in [4.69, 9.17) is 4.43 Å².